The number of carbonyl (C=O) groups is 1. The largest absolute Gasteiger partial charge is 0.481 e. The maximum atomic E-state index is 10.5. The van der Waals surface area contributed by atoms with Crippen molar-refractivity contribution in [2.24, 2.45) is 0 Å². The molecule has 1 fully saturated rings. The fourth-order valence-electron chi connectivity index (χ4n) is 1.63. The fraction of sp³-hybridized carbons (Fsp3) is 0.727. The van der Waals surface area contributed by atoms with Crippen LogP contribution in [0.2, 0.25) is 0 Å². The van der Waals surface area contributed by atoms with Crippen LogP contribution in [0.3, 0.4) is 0 Å². The van der Waals surface area contributed by atoms with Crippen molar-refractivity contribution in [2.45, 2.75) is 42.4 Å². The van der Waals surface area contributed by atoms with Crippen LogP contribution < -0.4 is 0 Å². The Balaban J connectivity index is 1.95. The Kier molecular flexibility index (Phi) is 4.55. The Morgan fingerprint density at radius 2 is 2.28 bits per heavy atom. The summed E-state index contributed by atoms with van der Waals surface area (Å²) in [4.78, 5) is 14.8. The van der Waals surface area contributed by atoms with Gasteiger partial charge in [0, 0.05) is 22.7 Å². The zero-order valence-corrected chi connectivity index (χ0v) is 12.0. The van der Waals surface area contributed by atoms with E-state index in [1.54, 1.807) is 0 Å². The minimum Gasteiger partial charge on any atom is -0.481 e. The minimum absolute atomic E-state index is 0.0294. The summed E-state index contributed by atoms with van der Waals surface area (Å²) in [6.07, 6.45) is 0.334. The van der Waals surface area contributed by atoms with Crippen LogP contribution in [0.25, 0.3) is 0 Å². The van der Waals surface area contributed by atoms with Gasteiger partial charge in [0.2, 0.25) is 5.89 Å². The normalized spacial score (nSPS) is 28.2. The van der Waals surface area contributed by atoms with Crippen molar-refractivity contribution in [1.82, 2.24) is 10.1 Å². The summed E-state index contributed by atoms with van der Waals surface area (Å²) in [5.41, 5.74) is 0. The van der Waals surface area contributed by atoms with Crippen molar-refractivity contribution in [3.05, 3.63) is 11.7 Å². The molecule has 3 unspecified atom stereocenters. The van der Waals surface area contributed by atoms with Crippen LogP contribution in [-0.2, 0) is 11.2 Å². The Bertz CT molecular complexity index is 424. The number of rotatable bonds is 4. The van der Waals surface area contributed by atoms with Crippen molar-refractivity contribution >= 4 is 29.5 Å². The summed E-state index contributed by atoms with van der Waals surface area (Å²) in [7, 11) is 0. The van der Waals surface area contributed by atoms with Gasteiger partial charge in [0.05, 0.1) is 11.7 Å². The van der Waals surface area contributed by atoms with Gasteiger partial charge in [0.25, 0.3) is 0 Å². The summed E-state index contributed by atoms with van der Waals surface area (Å²) in [6.45, 7) is 4.44. The Hall–Kier alpha value is -0.690. The first-order valence-electron chi connectivity index (χ1n) is 5.87. The summed E-state index contributed by atoms with van der Waals surface area (Å²) in [5.74, 6) is 1.25. The molecule has 0 saturated carbocycles. The molecule has 0 radical (unpaired) electrons. The molecule has 1 aromatic heterocycles. The third-order valence-corrected chi connectivity index (χ3v) is 6.26. The molecule has 7 heteroatoms. The van der Waals surface area contributed by atoms with Gasteiger partial charge in [-0.2, -0.15) is 16.7 Å². The van der Waals surface area contributed by atoms with Crippen LogP contribution in [0, 0.1) is 0 Å². The summed E-state index contributed by atoms with van der Waals surface area (Å²) in [6, 6.07) is 0. The molecule has 18 heavy (non-hydrogen) atoms. The molecule has 5 nitrogen and oxygen atoms in total. The molecule has 0 spiro atoms. The van der Waals surface area contributed by atoms with E-state index in [0.717, 1.165) is 5.75 Å². The van der Waals surface area contributed by atoms with E-state index in [-0.39, 0.29) is 11.7 Å². The number of thioether (sulfide) groups is 2. The van der Waals surface area contributed by atoms with Gasteiger partial charge in [0.15, 0.2) is 5.82 Å². The van der Waals surface area contributed by atoms with Crippen LogP contribution in [0.15, 0.2) is 4.52 Å². The second kappa shape index (κ2) is 5.97. The number of nitrogens with zero attached hydrogens (tertiary/aromatic N) is 2. The van der Waals surface area contributed by atoms with Gasteiger partial charge in [-0.05, 0) is 0 Å². The van der Waals surface area contributed by atoms with Crippen LogP contribution in [0.5, 0.6) is 0 Å². The lowest BCUT2D eigenvalue weighted by Gasteiger charge is -2.29. The smallest absolute Gasteiger partial charge is 0.303 e. The van der Waals surface area contributed by atoms with Crippen LogP contribution >= 0.6 is 23.5 Å². The molecular formula is C11H16N2O3S2. The number of carboxylic acids is 1. The van der Waals surface area contributed by atoms with Crippen molar-refractivity contribution in [3.63, 3.8) is 0 Å². The molecule has 1 aromatic rings. The molecule has 0 aromatic carbocycles. The van der Waals surface area contributed by atoms with E-state index in [0.29, 0.717) is 28.6 Å². The zero-order valence-electron chi connectivity index (χ0n) is 10.3. The first-order chi connectivity index (χ1) is 8.56. The Morgan fingerprint density at radius 1 is 1.50 bits per heavy atom. The topological polar surface area (TPSA) is 76.2 Å². The maximum absolute atomic E-state index is 10.5. The SMILES string of the molecule is CC1SCC(c2noc(CCC(=O)O)n2)SC1C. The zero-order chi connectivity index (χ0) is 13.1. The fourth-order valence-corrected chi connectivity index (χ4v) is 4.47. The number of carboxylic acid groups (broad SMARTS) is 1. The van der Waals surface area contributed by atoms with E-state index in [4.69, 9.17) is 9.63 Å². The second-order valence-electron chi connectivity index (χ2n) is 4.31. The number of aromatic nitrogens is 2. The maximum Gasteiger partial charge on any atom is 0.303 e. The van der Waals surface area contributed by atoms with E-state index in [2.05, 4.69) is 24.0 Å². The van der Waals surface area contributed by atoms with E-state index in [1.165, 1.54) is 0 Å². The summed E-state index contributed by atoms with van der Waals surface area (Å²) in [5, 5.41) is 14.0. The van der Waals surface area contributed by atoms with Gasteiger partial charge < -0.3 is 9.63 Å². The quantitative estimate of drug-likeness (QED) is 0.911. The molecule has 0 aliphatic carbocycles. The van der Waals surface area contributed by atoms with Crippen LogP contribution in [0.4, 0.5) is 0 Å². The predicted molar refractivity (Wildman–Crippen MR) is 72.0 cm³/mol. The average Bonchev–Trinajstić information content (AvgIpc) is 2.79. The molecule has 1 aliphatic rings. The van der Waals surface area contributed by atoms with Gasteiger partial charge in [-0.1, -0.05) is 19.0 Å². The highest BCUT2D eigenvalue weighted by molar-refractivity contribution is 8.07. The molecule has 3 atom stereocenters. The summed E-state index contributed by atoms with van der Waals surface area (Å²) < 4.78 is 5.08. The standard InChI is InChI=1S/C11H16N2O3S2/c1-6-7(2)18-8(5-17-6)11-12-9(16-13-11)3-4-10(14)15/h6-8H,3-5H2,1-2H3,(H,14,15). The Labute approximate surface area is 114 Å². The van der Waals surface area contributed by atoms with Gasteiger partial charge in [-0.25, -0.2) is 0 Å². The van der Waals surface area contributed by atoms with Gasteiger partial charge in [0.1, 0.15) is 0 Å². The van der Waals surface area contributed by atoms with Gasteiger partial charge in [-0.15, -0.1) is 11.8 Å². The van der Waals surface area contributed by atoms with Crippen molar-refractivity contribution in [2.75, 3.05) is 5.75 Å². The lowest BCUT2D eigenvalue weighted by atomic mass is 10.3. The van der Waals surface area contributed by atoms with Crippen LogP contribution in [0.1, 0.15) is 37.2 Å². The highest BCUT2D eigenvalue weighted by atomic mass is 32.2. The monoisotopic (exact) mass is 288 g/mol. The first-order valence-corrected chi connectivity index (χ1v) is 7.86. The Morgan fingerprint density at radius 3 is 2.94 bits per heavy atom. The van der Waals surface area contributed by atoms with Crippen molar-refractivity contribution in [3.8, 4) is 0 Å². The van der Waals surface area contributed by atoms with Gasteiger partial charge in [-0.3, -0.25) is 4.79 Å². The number of aryl methyl sites for hydroxylation is 1. The third kappa shape index (κ3) is 3.41. The average molecular weight is 288 g/mol. The van der Waals surface area contributed by atoms with E-state index in [9.17, 15) is 4.79 Å². The molecule has 2 heterocycles. The second-order valence-corrected chi connectivity index (χ2v) is 7.30. The molecule has 1 saturated heterocycles. The minimum atomic E-state index is -0.847. The summed E-state index contributed by atoms with van der Waals surface area (Å²) >= 11 is 3.78. The molecule has 1 N–H and O–H groups in total. The molecule has 0 bridgehead atoms. The lowest BCUT2D eigenvalue weighted by molar-refractivity contribution is -0.137. The molecular weight excluding hydrogens is 272 g/mol. The van der Waals surface area contributed by atoms with Crippen LogP contribution in [-0.4, -0.2) is 37.5 Å². The van der Waals surface area contributed by atoms with Crippen molar-refractivity contribution < 1.29 is 14.4 Å². The lowest BCUT2D eigenvalue weighted by Crippen LogP contribution is -2.22. The highest BCUT2D eigenvalue weighted by Crippen LogP contribution is 2.43. The number of hydrogen-bond acceptors (Lipinski definition) is 6. The third-order valence-electron chi connectivity index (χ3n) is 2.87. The van der Waals surface area contributed by atoms with E-state index >= 15 is 0 Å². The number of aliphatic carboxylic acids is 1. The molecule has 2 rings (SSSR count). The van der Waals surface area contributed by atoms with E-state index < -0.39 is 5.97 Å². The first kappa shape index (κ1) is 13.7. The number of hydrogen-bond donors (Lipinski definition) is 1. The van der Waals surface area contributed by atoms with E-state index in [1.807, 2.05) is 23.5 Å². The molecule has 0 amide bonds. The molecule has 1 aliphatic heterocycles. The van der Waals surface area contributed by atoms with Gasteiger partial charge >= 0.3 is 5.97 Å². The highest BCUT2D eigenvalue weighted by Gasteiger charge is 2.29. The molecule has 100 valence electrons. The van der Waals surface area contributed by atoms with Crippen molar-refractivity contribution in [1.29, 1.82) is 0 Å². The predicted octanol–water partition coefficient (Wildman–Crippen LogP) is 2.38.